The van der Waals surface area contributed by atoms with Gasteiger partial charge in [0.1, 0.15) is 26.9 Å². The summed E-state index contributed by atoms with van der Waals surface area (Å²) >= 11 is 1.29. The fourth-order valence-electron chi connectivity index (χ4n) is 6.37. The van der Waals surface area contributed by atoms with Gasteiger partial charge in [0.25, 0.3) is 5.56 Å². The molecule has 4 aromatic rings. The van der Waals surface area contributed by atoms with Crippen molar-refractivity contribution in [2.45, 2.75) is 89.9 Å². The van der Waals surface area contributed by atoms with Crippen LogP contribution in [0.3, 0.4) is 0 Å². The molecule has 1 aromatic carbocycles. The molecule has 260 valence electrons. The monoisotopic (exact) mass is 702 g/mol. The summed E-state index contributed by atoms with van der Waals surface area (Å²) in [7, 11) is 1.51. The molecule has 1 saturated carbocycles. The predicted octanol–water partition coefficient (Wildman–Crippen LogP) is 4.64. The number of aromatic nitrogens is 4. The number of aliphatic hydroxyl groups excluding tert-OH is 1. The maximum atomic E-state index is 14.1. The standard InChI is InChI=1S/C27H30FN5O4S.C6H11NO2.H2S/c1-17-21-22(34)33(27(2,3)25(35)30-12-5-6-13-30)26(36)31(24(21)38-23(17)32-14-7-11-29-32)15-10-18-16-19(28)8-9-20(18)37-4;8-6-3-1-5(7-9)2-4-6;/h7-9,11,14,16H,5-6,10,12-13,15H2,1-4H3;5-6,8H,1-4H2;1H2. The molecule has 0 unspecified atom stereocenters. The largest absolute Gasteiger partial charge is 0.496 e. The lowest BCUT2D eigenvalue weighted by Gasteiger charge is -2.31. The average Bonchev–Trinajstić information content (AvgIpc) is 3.84. The van der Waals surface area contributed by atoms with E-state index in [1.54, 1.807) is 48.0 Å². The summed E-state index contributed by atoms with van der Waals surface area (Å²) in [5.41, 5.74) is -1.21. The van der Waals surface area contributed by atoms with E-state index in [1.165, 1.54) is 35.1 Å². The summed E-state index contributed by atoms with van der Waals surface area (Å²) in [6, 6.07) is 6.01. The van der Waals surface area contributed by atoms with Crippen LogP contribution in [-0.4, -0.2) is 67.2 Å². The van der Waals surface area contributed by atoms with Crippen molar-refractivity contribution >= 4 is 41.0 Å². The molecule has 1 saturated heterocycles. The van der Waals surface area contributed by atoms with Crippen molar-refractivity contribution in [2.24, 2.45) is 5.18 Å². The Kier molecular flexibility index (Phi) is 12.0. The van der Waals surface area contributed by atoms with Gasteiger partial charge in [0.2, 0.25) is 5.91 Å². The molecule has 3 aromatic heterocycles. The first kappa shape index (κ1) is 37.0. The topological polar surface area (TPSA) is 141 Å². The third kappa shape index (κ3) is 7.42. The maximum Gasteiger partial charge on any atom is 0.333 e. The number of nitroso groups, excluding NO2 is 1. The van der Waals surface area contributed by atoms with Crippen molar-refractivity contribution in [1.29, 1.82) is 0 Å². The number of amides is 1. The fourth-order valence-corrected chi connectivity index (χ4v) is 7.64. The van der Waals surface area contributed by atoms with E-state index in [4.69, 9.17) is 9.84 Å². The predicted molar refractivity (Wildman–Crippen MR) is 188 cm³/mol. The zero-order chi connectivity index (χ0) is 33.9. The van der Waals surface area contributed by atoms with E-state index < -0.39 is 22.6 Å². The fraction of sp³-hybridized carbons (Fsp3) is 0.515. The summed E-state index contributed by atoms with van der Waals surface area (Å²) in [5, 5.41) is 17.3. The van der Waals surface area contributed by atoms with Gasteiger partial charge in [-0.3, -0.25) is 14.2 Å². The molecule has 1 aliphatic heterocycles. The third-order valence-electron chi connectivity index (χ3n) is 9.04. The normalized spacial score (nSPS) is 17.8. The molecule has 6 rings (SSSR count). The lowest BCUT2D eigenvalue weighted by atomic mass is 9.94. The summed E-state index contributed by atoms with van der Waals surface area (Å²) in [6.07, 6.45) is 8.34. The third-order valence-corrected chi connectivity index (χ3v) is 10.3. The second-order valence-electron chi connectivity index (χ2n) is 12.6. The number of fused-ring (bicyclic) bond motifs is 1. The van der Waals surface area contributed by atoms with Gasteiger partial charge in [-0.15, -0.1) is 0 Å². The Morgan fingerprint density at radius 2 is 1.85 bits per heavy atom. The average molecular weight is 703 g/mol. The number of ether oxygens (including phenoxy) is 1. The first-order valence-electron chi connectivity index (χ1n) is 15.9. The number of halogens is 1. The number of carbonyl (C=O) groups excluding carboxylic acids is 1. The van der Waals surface area contributed by atoms with Crippen LogP contribution < -0.4 is 16.0 Å². The van der Waals surface area contributed by atoms with Crippen LogP contribution in [0.1, 0.15) is 63.5 Å². The van der Waals surface area contributed by atoms with Crippen molar-refractivity contribution in [3.8, 4) is 10.8 Å². The molecule has 1 aliphatic carbocycles. The van der Waals surface area contributed by atoms with Gasteiger partial charge in [0.15, 0.2) is 0 Å². The number of rotatable bonds is 8. The molecule has 0 radical (unpaired) electrons. The number of hydrogen-bond acceptors (Lipinski definition) is 9. The molecule has 15 heteroatoms. The van der Waals surface area contributed by atoms with Crippen LogP contribution in [0.2, 0.25) is 0 Å². The SMILES string of the molecule is COc1ccc(F)cc1CCn1c(=O)n(C(C)(C)C(=O)N2CCCC2)c(=O)c2c(C)c(-n3cccn3)sc21.O=NC1CCC(O)CC1.S. The van der Waals surface area contributed by atoms with Gasteiger partial charge < -0.3 is 14.7 Å². The van der Waals surface area contributed by atoms with Gasteiger partial charge in [0.05, 0.1) is 24.6 Å². The number of aryl methyl sites for hydroxylation is 3. The van der Waals surface area contributed by atoms with E-state index >= 15 is 0 Å². The number of methoxy groups -OCH3 is 1. The summed E-state index contributed by atoms with van der Waals surface area (Å²) in [6.45, 7) is 6.43. The van der Waals surface area contributed by atoms with E-state index in [-0.39, 0.29) is 44.5 Å². The molecule has 4 heterocycles. The second kappa shape index (κ2) is 15.6. The molecule has 12 nitrogen and oxygen atoms in total. The van der Waals surface area contributed by atoms with Crippen molar-refractivity contribution in [3.63, 3.8) is 0 Å². The van der Waals surface area contributed by atoms with Crippen LogP contribution in [0.25, 0.3) is 15.2 Å². The molecule has 0 spiro atoms. The van der Waals surface area contributed by atoms with Gasteiger partial charge in [-0.25, -0.2) is 18.4 Å². The second-order valence-corrected chi connectivity index (χ2v) is 13.5. The molecule has 1 amide bonds. The van der Waals surface area contributed by atoms with Crippen molar-refractivity contribution in [2.75, 3.05) is 20.2 Å². The highest BCUT2D eigenvalue weighted by Gasteiger charge is 2.39. The molecular formula is C33H43FN6O6S2. The smallest absolute Gasteiger partial charge is 0.333 e. The van der Waals surface area contributed by atoms with Crippen molar-refractivity contribution < 1.29 is 19.0 Å². The van der Waals surface area contributed by atoms with E-state index in [0.717, 1.165) is 43.1 Å². The van der Waals surface area contributed by atoms with Crippen LogP contribution in [0.4, 0.5) is 4.39 Å². The molecule has 0 atom stereocenters. The zero-order valence-corrected chi connectivity index (χ0v) is 29.5. The molecule has 48 heavy (non-hydrogen) atoms. The zero-order valence-electron chi connectivity index (χ0n) is 27.6. The Hall–Kier alpha value is -3.82. The first-order chi connectivity index (χ1) is 22.5. The van der Waals surface area contributed by atoms with E-state index in [9.17, 15) is 23.7 Å². The number of hydrogen-bond donors (Lipinski definition) is 1. The summed E-state index contributed by atoms with van der Waals surface area (Å²) in [5.74, 6) is -0.159. The quantitative estimate of drug-likeness (QED) is 0.264. The highest BCUT2D eigenvalue weighted by atomic mass is 32.1. The van der Waals surface area contributed by atoms with E-state index in [0.29, 0.717) is 45.2 Å². The minimum Gasteiger partial charge on any atom is -0.496 e. The lowest BCUT2D eigenvalue weighted by molar-refractivity contribution is -0.138. The van der Waals surface area contributed by atoms with Crippen molar-refractivity contribution in [1.82, 2.24) is 23.8 Å². The van der Waals surface area contributed by atoms with Crippen LogP contribution in [0.15, 0.2) is 51.4 Å². The maximum absolute atomic E-state index is 14.1. The lowest BCUT2D eigenvalue weighted by Crippen LogP contribution is -2.56. The van der Waals surface area contributed by atoms with Gasteiger partial charge in [-0.05, 0) is 95.5 Å². The van der Waals surface area contributed by atoms with E-state index in [2.05, 4.69) is 10.3 Å². The molecular weight excluding hydrogens is 660 g/mol. The Labute approximate surface area is 288 Å². The number of likely N-dealkylation sites (tertiary alicyclic amines) is 1. The highest BCUT2D eigenvalue weighted by Crippen LogP contribution is 2.32. The van der Waals surface area contributed by atoms with Crippen molar-refractivity contribution in [3.05, 3.63) is 79.3 Å². The molecule has 2 fully saturated rings. The Bertz CT molecular complexity index is 1850. The van der Waals surface area contributed by atoms with Crippen LogP contribution in [-0.2, 0) is 23.3 Å². The van der Waals surface area contributed by atoms with Gasteiger partial charge in [0, 0.05) is 37.6 Å². The van der Waals surface area contributed by atoms with Gasteiger partial charge in [-0.1, -0.05) is 16.5 Å². The van der Waals surface area contributed by atoms with Gasteiger partial charge in [-0.2, -0.15) is 23.5 Å². The Morgan fingerprint density at radius 3 is 2.46 bits per heavy atom. The Balaban J connectivity index is 0.000000452. The van der Waals surface area contributed by atoms with Crippen LogP contribution in [0, 0.1) is 17.6 Å². The molecule has 1 N–H and O–H groups in total. The molecule has 2 aliphatic rings. The Morgan fingerprint density at radius 1 is 1.17 bits per heavy atom. The highest BCUT2D eigenvalue weighted by molar-refractivity contribution is 7.59. The van der Waals surface area contributed by atoms with E-state index in [1.807, 2.05) is 6.92 Å². The minimum absolute atomic E-state index is 0. The number of carbonyl (C=O) groups is 1. The van der Waals surface area contributed by atoms with Crippen LogP contribution in [0.5, 0.6) is 5.75 Å². The van der Waals surface area contributed by atoms with Crippen LogP contribution >= 0.6 is 24.8 Å². The molecule has 0 bridgehead atoms. The number of benzene rings is 1. The minimum atomic E-state index is -1.40. The first-order valence-corrected chi connectivity index (χ1v) is 16.7. The number of thiophene rings is 1. The summed E-state index contributed by atoms with van der Waals surface area (Å²) < 4.78 is 23.7. The number of nitrogens with zero attached hydrogens (tertiary/aromatic N) is 6. The summed E-state index contributed by atoms with van der Waals surface area (Å²) in [4.78, 5) is 53.7. The van der Waals surface area contributed by atoms with Gasteiger partial charge >= 0.3 is 5.69 Å². The number of aliphatic hydroxyl groups is 1.